The van der Waals surface area contributed by atoms with Crippen molar-refractivity contribution in [3.8, 4) is 11.5 Å². The Kier molecular flexibility index (Phi) is 6.27. The first kappa shape index (κ1) is 21.3. The molecule has 1 N–H and O–H groups in total. The van der Waals surface area contributed by atoms with Crippen LogP contribution in [0.4, 0.5) is 10.8 Å². The van der Waals surface area contributed by atoms with Crippen LogP contribution in [0.15, 0.2) is 65.8 Å². The number of aromatic nitrogens is 1. The summed E-state index contributed by atoms with van der Waals surface area (Å²) in [6.45, 7) is 2.18. The molecule has 32 heavy (non-hydrogen) atoms. The van der Waals surface area contributed by atoms with E-state index in [1.54, 1.807) is 6.07 Å². The lowest BCUT2D eigenvalue weighted by molar-refractivity contribution is -0.386. The molecule has 1 aromatic heterocycles. The zero-order valence-corrected chi connectivity index (χ0v) is 18.3. The van der Waals surface area contributed by atoms with Crippen LogP contribution in [0.25, 0.3) is 10.2 Å². The van der Waals surface area contributed by atoms with Gasteiger partial charge in [0.25, 0.3) is 0 Å². The normalized spacial score (nSPS) is 11.1. The molecule has 8 nitrogen and oxygen atoms in total. The second-order valence-electron chi connectivity index (χ2n) is 6.96. The number of hydrogen-bond donors (Lipinski definition) is 1. The number of hydrazone groups is 1. The fourth-order valence-electron chi connectivity index (χ4n) is 3.04. The average Bonchev–Trinajstić information content (AvgIpc) is 3.21. The average molecular weight is 449 g/mol. The number of fused-ring (bicyclic) bond motifs is 1. The van der Waals surface area contributed by atoms with Crippen molar-refractivity contribution in [3.05, 3.63) is 87.5 Å². The van der Waals surface area contributed by atoms with Gasteiger partial charge in [0.2, 0.25) is 10.9 Å². The van der Waals surface area contributed by atoms with Gasteiger partial charge >= 0.3 is 5.69 Å². The van der Waals surface area contributed by atoms with E-state index in [2.05, 4.69) is 15.5 Å². The molecule has 0 aliphatic carbocycles. The maximum absolute atomic E-state index is 11.7. The van der Waals surface area contributed by atoms with Crippen LogP contribution in [0.3, 0.4) is 0 Å². The van der Waals surface area contributed by atoms with E-state index in [0.29, 0.717) is 10.7 Å². The summed E-state index contributed by atoms with van der Waals surface area (Å²) in [6, 6.07) is 18.6. The molecule has 4 aromatic rings. The lowest BCUT2D eigenvalue weighted by atomic mass is 10.1. The van der Waals surface area contributed by atoms with E-state index in [0.717, 1.165) is 21.3 Å². The Hall–Kier alpha value is -3.98. The second kappa shape index (κ2) is 9.44. The van der Waals surface area contributed by atoms with Gasteiger partial charge in [-0.25, -0.2) is 4.98 Å². The summed E-state index contributed by atoms with van der Waals surface area (Å²) in [5.41, 5.74) is 6.07. The smallest absolute Gasteiger partial charge is 0.315 e. The zero-order chi connectivity index (χ0) is 22.5. The molecule has 0 atom stereocenters. The van der Waals surface area contributed by atoms with Gasteiger partial charge in [-0.05, 0) is 30.7 Å². The molecule has 0 aliphatic rings. The van der Waals surface area contributed by atoms with Gasteiger partial charge in [0.05, 0.1) is 28.5 Å². The lowest BCUT2D eigenvalue weighted by Crippen LogP contribution is -2.03. The van der Waals surface area contributed by atoms with Crippen LogP contribution in [0, 0.1) is 17.0 Å². The molecule has 3 aromatic carbocycles. The van der Waals surface area contributed by atoms with Crippen molar-refractivity contribution < 1.29 is 14.4 Å². The SMILES string of the molecule is COc1cc(/C=N\Nc2nc3ccccc3s2)cc([N+](=O)[O-])c1OCc1ccc(C)cc1. The van der Waals surface area contributed by atoms with Crippen LogP contribution >= 0.6 is 11.3 Å². The number of ether oxygens (including phenoxy) is 2. The predicted molar refractivity (Wildman–Crippen MR) is 126 cm³/mol. The van der Waals surface area contributed by atoms with Crippen molar-refractivity contribution in [2.75, 3.05) is 12.5 Å². The topological polar surface area (TPSA) is 98.9 Å². The highest BCUT2D eigenvalue weighted by Crippen LogP contribution is 2.38. The number of hydrogen-bond acceptors (Lipinski definition) is 8. The molecule has 162 valence electrons. The Bertz CT molecular complexity index is 1250. The highest BCUT2D eigenvalue weighted by molar-refractivity contribution is 7.22. The van der Waals surface area contributed by atoms with Crippen LogP contribution in [0.2, 0.25) is 0 Å². The number of benzene rings is 3. The number of nitrogens with one attached hydrogen (secondary N) is 1. The van der Waals surface area contributed by atoms with Crippen LogP contribution in [-0.2, 0) is 6.61 Å². The van der Waals surface area contributed by atoms with E-state index >= 15 is 0 Å². The number of para-hydroxylation sites is 1. The fourth-order valence-corrected chi connectivity index (χ4v) is 3.85. The molecule has 0 radical (unpaired) electrons. The summed E-state index contributed by atoms with van der Waals surface area (Å²) < 4.78 is 12.2. The highest BCUT2D eigenvalue weighted by atomic mass is 32.1. The van der Waals surface area contributed by atoms with Gasteiger partial charge in [-0.15, -0.1) is 0 Å². The number of aryl methyl sites for hydroxylation is 1. The van der Waals surface area contributed by atoms with Crippen molar-refractivity contribution in [2.24, 2.45) is 5.10 Å². The fraction of sp³-hybridized carbons (Fsp3) is 0.130. The first-order valence-corrected chi connectivity index (χ1v) is 10.5. The Balaban J connectivity index is 1.54. The minimum absolute atomic E-state index is 0.0781. The van der Waals surface area contributed by atoms with E-state index in [-0.39, 0.29) is 23.8 Å². The monoisotopic (exact) mass is 448 g/mol. The van der Waals surface area contributed by atoms with E-state index < -0.39 is 4.92 Å². The number of rotatable bonds is 8. The molecule has 0 saturated carbocycles. The number of thiazole rings is 1. The number of anilines is 1. The van der Waals surface area contributed by atoms with E-state index in [1.165, 1.54) is 30.7 Å². The third kappa shape index (κ3) is 4.84. The summed E-state index contributed by atoms with van der Waals surface area (Å²) >= 11 is 1.47. The predicted octanol–water partition coefficient (Wildman–Crippen LogP) is 5.55. The number of nitro groups is 1. The minimum atomic E-state index is -0.495. The Morgan fingerprint density at radius 2 is 1.97 bits per heavy atom. The maximum atomic E-state index is 11.7. The summed E-state index contributed by atoms with van der Waals surface area (Å²) in [7, 11) is 1.44. The molecule has 0 fully saturated rings. The van der Waals surface area contributed by atoms with Crippen molar-refractivity contribution in [1.82, 2.24) is 4.98 Å². The van der Waals surface area contributed by atoms with Gasteiger partial charge in [0.1, 0.15) is 6.61 Å². The summed E-state index contributed by atoms with van der Waals surface area (Å²) in [5, 5.41) is 16.5. The second-order valence-corrected chi connectivity index (χ2v) is 7.99. The van der Waals surface area contributed by atoms with Crippen LogP contribution in [0.1, 0.15) is 16.7 Å². The molecule has 1 heterocycles. The quantitative estimate of drug-likeness (QED) is 0.216. The van der Waals surface area contributed by atoms with Crippen molar-refractivity contribution in [1.29, 1.82) is 0 Å². The third-order valence-electron chi connectivity index (χ3n) is 4.65. The van der Waals surface area contributed by atoms with Crippen molar-refractivity contribution >= 4 is 38.6 Å². The Morgan fingerprint density at radius 1 is 1.19 bits per heavy atom. The van der Waals surface area contributed by atoms with Crippen LogP contribution in [-0.4, -0.2) is 23.2 Å². The van der Waals surface area contributed by atoms with Crippen molar-refractivity contribution in [3.63, 3.8) is 0 Å². The summed E-state index contributed by atoms with van der Waals surface area (Å²) in [6.07, 6.45) is 1.48. The van der Waals surface area contributed by atoms with E-state index in [1.807, 2.05) is 55.5 Å². The molecule has 0 aliphatic heterocycles. The number of methoxy groups -OCH3 is 1. The van der Waals surface area contributed by atoms with E-state index in [4.69, 9.17) is 9.47 Å². The first-order valence-electron chi connectivity index (χ1n) is 9.73. The molecule has 0 bridgehead atoms. The minimum Gasteiger partial charge on any atom is -0.493 e. The summed E-state index contributed by atoms with van der Waals surface area (Å²) in [5.74, 6) is 0.335. The molecular formula is C23H20N4O4S. The standard InChI is InChI=1S/C23H20N4O4S/c1-15-7-9-16(10-8-15)14-31-22-19(27(28)29)11-17(12-20(22)30-2)13-24-26-23-25-18-5-3-4-6-21(18)32-23/h3-13H,14H2,1-2H3,(H,25,26)/b24-13-. The van der Waals surface area contributed by atoms with Gasteiger partial charge < -0.3 is 9.47 Å². The van der Waals surface area contributed by atoms with Crippen LogP contribution < -0.4 is 14.9 Å². The molecule has 0 amide bonds. The number of nitro benzene ring substituents is 1. The number of nitrogens with zero attached hydrogens (tertiary/aromatic N) is 3. The summed E-state index contributed by atoms with van der Waals surface area (Å²) in [4.78, 5) is 15.6. The Labute approximate surface area is 188 Å². The third-order valence-corrected chi connectivity index (χ3v) is 5.59. The highest BCUT2D eigenvalue weighted by Gasteiger charge is 2.22. The molecule has 4 rings (SSSR count). The largest absolute Gasteiger partial charge is 0.493 e. The zero-order valence-electron chi connectivity index (χ0n) is 17.4. The van der Waals surface area contributed by atoms with Crippen LogP contribution in [0.5, 0.6) is 11.5 Å². The van der Waals surface area contributed by atoms with Gasteiger partial charge in [-0.3, -0.25) is 15.5 Å². The molecule has 0 saturated heterocycles. The van der Waals surface area contributed by atoms with Gasteiger partial charge in [-0.2, -0.15) is 5.10 Å². The molecule has 0 unspecified atom stereocenters. The van der Waals surface area contributed by atoms with Gasteiger partial charge in [0, 0.05) is 11.6 Å². The first-order chi connectivity index (χ1) is 15.5. The van der Waals surface area contributed by atoms with Gasteiger partial charge in [0.15, 0.2) is 5.75 Å². The molecule has 9 heteroatoms. The Morgan fingerprint density at radius 3 is 2.69 bits per heavy atom. The molecule has 0 spiro atoms. The maximum Gasteiger partial charge on any atom is 0.315 e. The van der Waals surface area contributed by atoms with Crippen molar-refractivity contribution in [2.45, 2.75) is 13.5 Å². The van der Waals surface area contributed by atoms with E-state index in [9.17, 15) is 10.1 Å². The molecular weight excluding hydrogens is 428 g/mol. The lowest BCUT2D eigenvalue weighted by Gasteiger charge is -2.12. The van der Waals surface area contributed by atoms with Gasteiger partial charge in [-0.1, -0.05) is 53.3 Å².